The Balaban J connectivity index is 2.28. The highest BCUT2D eigenvalue weighted by atomic mass is 35.5. The molecule has 0 saturated heterocycles. The Morgan fingerprint density at radius 1 is 1.10 bits per heavy atom. The van der Waals surface area contributed by atoms with Crippen LogP contribution in [-0.4, -0.2) is 11.0 Å². The van der Waals surface area contributed by atoms with Crippen LogP contribution in [0.4, 0.5) is 0 Å². The van der Waals surface area contributed by atoms with Gasteiger partial charge in [-0.15, -0.1) is 0 Å². The smallest absolute Gasteiger partial charge is 0.170 e. The molecular weight excluding hydrogens is 299 g/mol. The van der Waals surface area contributed by atoms with Crippen LogP contribution in [0.5, 0.6) is 11.5 Å². The summed E-state index contributed by atoms with van der Waals surface area (Å²) in [6.45, 7) is 1.84. The minimum absolute atomic E-state index is 0.0554. The zero-order chi connectivity index (χ0) is 14.7. The van der Waals surface area contributed by atoms with Gasteiger partial charge >= 0.3 is 0 Å². The van der Waals surface area contributed by atoms with Crippen LogP contribution in [0.3, 0.4) is 0 Å². The second-order valence-electron chi connectivity index (χ2n) is 4.17. The molecule has 2 rings (SSSR count). The lowest BCUT2D eigenvalue weighted by Crippen LogP contribution is -2.14. The largest absolute Gasteiger partial charge is 0.457 e. The van der Waals surface area contributed by atoms with E-state index in [-0.39, 0.29) is 5.84 Å². The summed E-state index contributed by atoms with van der Waals surface area (Å²) < 4.78 is 5.68. The molecule has 0 atom stereocenters. The fourth-order valence-corrected chi connectivity index (χ4v) is 2.27. The van der Waals surface area contributed by atoms with E-state index in [0.29, 0.717) is 27.1 Å². The summed E-state index contributed by atoms with van der Waals surface area (Å²) in [5.41, 5.74) is 7.03. The summed E-state index contributed by atoms with van der Waals surface area (Å²) in [5, 5.41) is 12.7. The molecule has 6 heteroatoms. The first-order valence-electron chi connectivity index (χ1n) is 5.72. The van der Waals surface area contributed by atoms with Gasteiger partial charge in [-0.2, -0.15) is 0 Å². The first-order valence-corrected chi connectivity index (χ1v) is 6.47. The van der Waals surface area contributed by atoms with E-state index in [9.17, 15) is 0 Å². The van der Waals surface area contributed by atoms with E-state index in [1.165, 1.54) is 0 Å². The molecule has 0 aliphatic heterocycles. The highest BCUT2D eigenvalue weighted by Gasteiger charge is 2.07. The van der Waals surface area contributed by atoms with Crippen LogP contribution >= 0.6 is 23.2 Å². The van der Waals surface area contributed by atoms with E-state index in [2.05, 4.69) is 5.16 Å². The highest BCUT2D eigenvalue weighted by molar-refractivity contribution is 6.34. The molecule has 0 heterocycles. The van der Waals surface area contributed by atoms with Gasteiger partial charge < -0.3 is 15.7 Å². The van der Waals surface area contributed by atoms with Crippen molar-refractivity contribution in [2.45, 2.75) is 6.92 Å². The summed E-state index contributed by atoms with van der Waals surface area (Å²) in [4.78, 5) is 0. The van der Waals surface area contributed by atoms with E-state index >= 15 is 0 Å². The number of amidine groups is 1. The number of nitrogens with zero attached hydrogens (tertiary/aromatic N) is 1. The Labute approximate surface area is 126 Å². The predicted molar refractivity (Wildman–Crippen MR) is 80.2 cm³/mol. The molecule has 0 aromatic heterocycles. The van der Waals surface area contributed by atoms with Crippen LogP contribution in [0.15, 0.2) is 41.6 Å². The molecule has 0 amide bonds. The molecule has 2 aromatic rings. The number of hydrogen-bond donors (Lipinski definition) is 2. The average Bonchev–Trinajstić information content (AvgIpc) is 2.36. The number of rotatable bonds is 3. The van der Waals surface area contributed by atoms with Crippen molar-refractivity contribution in [3.63, 3.8) is 0 Å². The lowest BCUT2D eigenvalue weighted by Gasteiger charge is -2.09. The lowest BCUT2D eigenvalue weighted by molar-refractivity contribution is 0.318. The molecule has 4 nitrogen and oxygen atoms in total. The molecule has 0 aliphatic carbocycles. The van der Waals surface area contributed by atoms with Crippen molar-refractivity contribution in [3.05, 3.63) is 57.6 Å². The SMILES string of the molecule is Cc1cc(Oc2cc(Cl)cc(Cl)c2)ccc1/C(N)=N/O. The minimum Gasteiger partial charge on any atom is -0.457 e. The molecule has 0 unspecified atom stereocenters. The molecular formula is C14H12Cl2N2O2. The highest BCUT2D eigenvalue weighted by Crippen LogP contribution is 2.29. The Morgan fingerprint density at radius 3 is 2.30 bits per heavy atom. The molecule has 0 aliphatic rings. The molecule has 0 spiro atoms. The number of benzene rings is 2. The number of halogens is 2. The fraction of sp³-hybridized carbons (Fsp3) is 0.0714. The first kappa shape index (κ1) is 14.5. The average molecular weight is 311 g/mol. The Morgan fingerprint density at radius 2 is 1.75 bits per heavy atom. The summed E-state index contributed by atoms with van der Waals surface area (Å²) >= 11 is 11.8. The molecule has 0 fully saturated rings. The van der Waals surface area contributed by atoms with Gasteiger partial charge in [0.2, 0.25) is 0 Å². The number of aryl methyl sites for hydroxylation is 1. The van der Waals surface area contributed by atoms with Gasteiger partial charge in [-0.3, -0.25) is 0 Å². The normalized spacial score (nSPS) is 11.4. The van der Waals surface area contributed by atoms with Crippen molar-refractivity contribution in [2.24, 2.45) is 10.9 Å². The van der Waals surface area contributed by atoms with E-state index in [4.69, 9.17) is 38.9 Å². The van der Waals surface area contributed by atoms with E-state index < -0.39 is 0 Å². The van der Waals surface area contributed by atoms with Gasteiger partial charge in [0, 0.05) is 15.6 Å². The second-order valence-corrected chi connectivity index (χ2v) is 5.04. The third-order valence-corrected chi connectivity index (χ3v) is 3.09. The molecule has 104 valence electrons. The van der Waals surface area contributed by atoms with Crippen LogP contribution in [0.1, 0.15) is 11.1 Å². The predicted octanol–water partition coefficient (Wildman–Crippen LogP) is 4.19. The van der Waals surface area contributed by atoms with Crippen molar-refractivity contribution in [3.8, 4) is 11.5 Å². The monoisotopic (exact) mass is 310 g/mol. The van der Waals surface area contributed by atoms with Crippen molar-refractivity contribution in [2.75, 3.05) is 0 Å². The second kappa shape index (κ2) is 6.03. The standard InChI is InChI=1S/C14H12Cl2N2O2/c1-8-4-11(2-3-13(8)14(17)18-19)20-12-6-9(15)5-10(16)7-12/h2-7,19H,1H3,(H2,17,18). The van der Waals surface area contributed by atoms with E-state index in [0.717, 1.165) is 5.56 Å². The van der Waals surface area contributed by atoms with Crippen molar-refractivity contribution in [1.29, 1.82) is 0 Å². The summed E-state index contributed by atoms with van der Waals surface area (Å²) in [5.74, 6) is 1.20. The fourth-order valence-electron chi connectivity index (χ4n) is 1.76. The van der Waals surface area contributed by atoms with Crippen LogP contribution in [0, 0.1) is 6.92 Å². The van der Waals surface area contributed by atoms with Crippen molar-refractivity contribution >= 4 is 29.0 Å². The molecule has 20 heavy (non-hydrogen) atoms. The number of hydrogen-bond acceptors (Lipinski definition) is 3. The van der Waals surface area contributed by atoms with Crippen molar-refractivity contribution < 1.29 is 9.94 Å². The van der Waals surface area contributed by atoms with Gasteiger partial charge in [0.15, 0.2) is 5.84 Å². The first-order chi connectivity index (χ1) is 9.49. The Hall–Kier alpha value is -1.91. The lowest BCUT2D eigenvalue weighted by atomic mass is 10.1. The van der Waals surface area contributed by atoms with E-state index in [1.807, 2.05) is 6.92 Å². The third-order valence-electron chi connectivity index (χ3n) is 2.65. The maximum absolute atomic E-state index is 8.68. The molecule has 0 saturated carbocycles. The summed E-state index contributed by atoms with van der Waals surface area (Å²) in [6, 6.07) is 10.2. The zero-order valence-electron chi connectivity index (χ0n) is 10.6. The molecule has 3 N–H and O–H groups in total. The van der Waals surface area contributed by atoms with Crippen LogP contribution < -0.4 is 10.5 Å². The Kier molecular flexibility index (Phi) is 4.37. The Bertz CT molecular complexity index is 652. The minimum atomic E-state index is 0.0554. The third kappa shape index (κ3) is 3.35. The maximum Gasteiger partial charge on any atom is 0.170 e. The van der Waals surface area contributed by atoms with Gasteiger partial charge in [-0.25, -0.2) is 0 Å². The summed E-state index contributed by atoms with van der Waals surface area (Å²) in [7, 11) is 0. The van der Waals surface area contributed by atoms with Gasteiger partial charge in [0.1, 0.15) is 11.5 Å². The van der Waals surface area contributed by atoms with Gasteiger partial charge in [0.05, 0.1) is 0 Å². The van der Waals surface area contributed by atoms with Gasteiger partial charge in [-0.1, -0.05) is 28.4 Å². The molecule has 0 radical (unpaired) electrons. The molecule has 0 bridgehead atoms. The topological polar surface area (TPSA) is 67.8 Å². The number of oxime groups is 1. The quantitative estimate of drug-likeness (QED) is 0.386. The summed E-state index contributed by atoms with van der Waals surface area (Å²) in [6.07, 6.45) is 0. The van der Waals surface area contributed by atoms with Gasteiger partial charge in [-0.05, 0) is 48.9 Å². The van der Waals surface area contributed by atoms with E-state index in [1.54, 1.807) is 36.4 Å². The number of nitrogens with two attached hydrogens (primary N) is 1. The number of ether oxygens (including phenoxy) is 1. The van der Waals surface area contributed by atoms with Gasteiger partial charge in [0.25, 0.3) is 0 Å². The van der Waals surface area contributed by atoms with Crippen LogP contribution in [-0.2, 0) is 0 Å². The zero-order valence-corrected chi connectivity index (χ0v) is 12.1. The molecule has 2 aromatic carbocycles. The van der Waals surface area contributed by atoms with Crippen molar-refractivity contribution in [1.82, 2.24) is 0 Å². The van der Waals surface area contributed by atoms with Crippen LogP contribution in [0.2, 0.25) is 10.0 Å². The maximum atomic E-state index is 8.68. The van der Waals surface area contributed by atoms with Crippen LogP contribution in [0.25, 0.3) is 0 Å².